The van der Waals surface area contributed by atoms with E-state index in [1.54, 1.807) is 6.08 Å². The van der Waals surface area contributed by atoms with Gasteiger partial charge in [-0.05, 0) is 32.3 Å². The third-order valence-corrected chi connectivity index (χ3v) is 2.50. The van der Waals surface area contributed by atoms with Crippen LogP contribution >= 0.6 is 0 Å². The molecule has 0 nitrogen and oxygen atoms in total. The predicted molar refractivity (Wildman–Crippen MR) is 57.3 cm³/mol. The van der Waals surface area contributed by atoms with Gasteiger partial charge in [0.05, 0.1) is 5.83 Å². The Balaban J connectivity index is 4.10. The molecule has 13 heavy (non-hydrogen) atoms. The number of halogens is 1. The number of rotatable bonds is 5. The van der Waals surface area contributed by atoms with Crippen LogP contribution < -0.4 is 0 Å². The third-order valence-electron chi connectivity index (χ3n) is 2.50. The zero-order valence-electron chi connectivity index (χ0n) is 9.23. The lowest BCUT2D eigenvalue weighted by atomic mass is 10.0. The topological polar surface area (TPSA) is 0 Å². The van der Waals surface area contributed by atoms with Crippen LogP contribution in [0.4, 0.5) is 4.39 Å². The number of hydrogen-bond donors (Lipinski definition) is 0. The fraction of sp³-hybridized carbons (Fsp3) is 0.667. The number of allylic oxidation sites excluding steroid dienone is 4. The average molecular weight is 184 g/mol. The van der Waals surface area contributed by atoms with Crippen molar-refractivity contribution in [2.75, 3.05) is 0 Å². The van der Waals surface area contributed by atoms with Gasteiger partial charge in [-0.2, -0.15) is 0 Å². The highest BCUT2D eigenvalue weighted by molar-refractivity contribution is 5.08. The predicted octanol–water partition coefficient (Wildman–Crippen LogP) is 4.63. The molecule has 0 aromatic rings. The van der Waals surface area contributed by atoms with E-state index in [1.807, 2.05) is 20.8 Å². The lowest BCUT2D eigenvalue weighted by Gasteiger charge is -2.05. The van der Waals surface area contributed by atoms with Crippen LogP contribution in [-0.4, -0.2) is 0 Å². The van der Waals surface area contributed by atoms with E-state index in [9.17, 15) is 4.39 Å². The molecule has 0 radical (unpaired) electrons. The second kappa shape index (κ2) is 6.88. The maximum Gasteiger partial charge on any atom is 0.0991 e. The average Bonchev–Trinajstić information content (AvgIpc) is 2.17. The van der Waals surface area contributed by atoms with E-state index in [0.717, 1.165) is 19.3 Å². The highest BCUT2D eigenvalue weighted by Gasteiger charge is 2.04. The smallest absolute Gasteiger partial charge is 0.0991 e. The summed E-state index contributed by atoms with van der Waals surface area (Å²) >= 11 is 0. The second-order valence-electron chi connectivity index (χ2n) is 3.40. The molecule has 0 spiro atoms. The molecule has 0 bridgehead atoms. The van der Waals surface area contributed by atoms with Crippen molar-refractivity contribution in [1.82, 2.24) is 0 Å². The van der Waals surface area contributed by atoms with Gasteiger partial charge in [-0.25, -0.2) is 4.39 Å². The Hall–Kier alpha value is -0.590. The van der Waals surface area contributed by atoms with Gasteiger partial charge in [0.25, 0.3) is 0 Å². The van der Waals surface area contributed by atoms with Crippen LogP contribution in [0.3, 0.4) is 0 Å². The van der Waals surface area contributed by atoms with Crippen LogP contribution in [0.2, 0.25) is 0 Å². The molecule has 76 valence electrons. The summed E-state index contributed by atoms with van der Waals surface area (Å²) in [5.41, 5.74) is 1.30. The molecule has 0 heterocycles. The highest BCUT2D eigenvalue weighted by atomic mass is 19.1. The Morgan fingerprint density at radius 3 is 2.38 bits per heavy atom. The Kier molecular flexibility index (Phi) is 6.56. The molecule has 0 aliphatic heterocycles. The minimum atomic E-state index is 0.0373. The minimum absolute atomic E-state index is 0.0373. The van der Waals surface area contributed by atoms with Gasteiger partial charge >= 0.3 is 0 Å². The summed E-state index contributed by atoms with van der Waals surface area (Å²) in [7, 11) is 0. The lowest BCUT2D eigenvalue weighted by Crippen LogP contribution is -1.92. The van der Waals surface area contributed by atoms with E-state index >= 15 is 0 Å². The zero-order valence-corrected chi connectivity index (χ0v) is 9.23. The first kappa shape index (κ1) is 12.4. The summed E-state index contributed by atoms with van der Waals surface area (Å²) in [4.78, 5) is 0. The van der Waals surface area contributed by atoms with Gasteiger partial charge in [-0.3, -0.25) is 0 Å². The molecule has 0 aromatic carbocycles. The van der Waals surface area contributed by atoms with Crippen molar-refractivity contribution in [2.24, 2.45) is 5.92 Å². The lowest BCUT2D eigenvalue weighted by molar-refractivity contribution is 0.479. The molecule has 0 aromatic heterocycles. The summed E-state index contributed by atoms with van der Waals surface area (Å²) in [6, 6.07) is 0. The monoisotopic (exact) mass is 184 g/mol. The fourth-order valence-corrected chi connectivity index (χ4v) is 1.09. The van der Waals surface area contributed by atoms with E-state index in [-0.39, 0.29) is 11.7 Å². The SMILES string of the molecule is C/C=C(/CC)C/C=C(/F)C(C)CC. The standard InChI is InChI=1S/C12H21F/c1-5-10(4)12(13)9-8-11(6-2)7-3/h6,9-10H,5,7-8H2,1-4H3/b11-6-,12-9+. The van der Waals surface area contributed by atoms with E-state index < -0.39 is 0 Å². The third kappa shape index (κ3) is 4.87. The van der Waals surface area contributed by atoms with Gasteiger partial charge in [-0.1, -0.05) is 32.4 Å². The largest absolute Gasteiger partial charge is 0.212 e. The number of hydrogen-bond acceptors (Lipinski definition) is 0. The van der Waals surface area contributed by atoms with Crippen LogP contribution in [-0.2, 0) is 0 Å². The van der Waals surface area contributed by atoms with Crippen molar-refractivity contribution in [1.29, 1.82) is 0 Å². The molecule has 1 atom stereocenters. The van der Waals surface area contributed by atoms with Gasteiger partial charge in [-0.15, -0.1) is 0 Å². The molecular weight excluding hydrogens is 163 g/mol. The van der Waals surface area contributed by atoms with Crippen molar-refractivity contribution >= 4 is 0 Å². The quantitative estimate of drug-likeness (QED) is 0.546. The first-order valence-corrected chi connectivity index (χ1v) is 5.15. The van der Waals surface area contributed by atoms with Crippen molar-refractivity contribution in [3.63, 3.8) is 0 Å². The second-order valence-corrected chi connectivity index (χ2v) is 3.40. The van der Waals surface area contributed by atoms with Gasteiger partial charge in [0.2, 0.25) is 0 Å². The first-order chi connectivity index (χ1) is 6.15. The summed E-state index contributed by atoms with van der Waals surface area (Å²) < 4.78 is 13.3. The van der Waals surface area contributed by atoms with E-state index in [0.29, 0.717) is 0 Å². The summed E-state index contributed by atoms with van der Waals surface area (Å²) in [6.07, 6.45) is 6.44. The van der Waals surface area contributed by atoms with E-state index in [1.165, 1.54) is 5.57 Å². The maximum absolute atomic E-state index is 13.3. The molecule has 0 N–H and O–H groups in total. The zero-order chi connectivity index (χ0) is 10.3. The Bertz CT molecular complexity index is 189. The van der Waals surface area contributed by atoms with Crippen LogP contribution in [0.15, 0.2) is 23.6 Å². The van der Waals surface area contributed by atoms with Gasteiger partial charge in [0.1, 0.15) is 0 Å². The summed E-state index contributed by atoms with van der Waals surface area (Å²) in [6.45, 7) is 8.04. The Labute approximate surface area is 81.5 Å². The molecular formula is C12H21F. The highest BCUT2D eigenvalue weighted by Crippen LogP contribution is 2.18. The molecule has 1 unspecified atom stereocenters. The Morgan fingerprint density at radius 2 is 2.00 bits per heavy atom. The molecule has 0 aliphatic rings. The maximum atomic E-state index is 13.3. The van der Waals surface area contributed by atoms with Crippen molar-refractivity contribution in [2.45, 2.75) is 47.0 Å². The molecule has 1 heteroatoms. The molecule has 0 fully saturated rings. The van der Waals surface area contributed by atoms with Gasteiger partial charge < -0.3 is 0 Å². The van der Waals surface area contributed by atoms with E-state index in [4.69, 9.17) is 0 Å². The van der Waals surface area contributed by atoms with Crippen LogP contribution in [0.5, 0.6) is 0 Å². The van der Waals surface area contributed by atoms with Crippen LogP contribution in [0.1, 0.15) is 47.0 Å². The van der Waals surface area contributed by atoms with Crippen molar-refractivity contribution < 1.29 is 4.39 Å². The van der Waals surface area contributed by atoms with Crippen LogP contribution in [0, 0.1) is 5.92 Å². The molecule has 0 aliphatic carbocycles. The molecule has 0 saturated heterocycles. The minimum Gasteiger partial charge on any atom is -0.212 e. The van der Waals surface area contributed by atoms with Crippen molar-refractivity contribution in [3.05, 3.63) is 23.6 Å². The fourth-order valence-electron chi connectivity index (χ4n) is 1.09. The van der Waals surface area contributed by atoms with Gasteiger partial charge in [0.15, 0.2) is 0 Å². The molecule has 0 amide bonds. The molecule has 0 rings (SSSR count). The summed E-state index contributed by atoms with van der Waals surface area (Å²) in [5.74, 6) is 0.116. The normalized spacial score (nSPS) is 16.1. The van der Waals surface area contributed by atoms with Crippen molar-refractivity contribution in [3.8, 4) is 0 Å². The first-order valence-electron chi connectivity index (χ1n) is 5.15. The van der Waals surface area contributed by atoms with Crippen LogP contribution in [0.25, 0.3) is 0 Å². The Morgan fingerprint density at radius 1 is 1.38 bits per heavy atom. The van der Waals surface area contributed by atoms with Gasteiger partial charge in [0, 0.05) is 5.92 Å². The molecule has 0 saturated carbocycles. The van der Waals surface area contributed by atoms with E-state index in [2.05, 4.69) is 13.0 Å². The summed E-state index contributed by atoms with van der Waals surface area (Å²) in [5, 5.41) is 0.